The quantitative estimate of drug-likeness (QED) is 0.219. The third-order valence-corrected chi connectivity index (χ3v) is 6.41. The number of ketones is 1. The molecule has 0 saturated carbocycles. The summed E-state index contributed by atoms with van der Waals surface area (Å²) < 4.78 is 5.18. The summed E-state index contributed by atoms with van der Waals surface area (Å²) in [5.74, 6) is -0.984. The summed E-state index contributed by atoms with van der Waals surface area (Å²) in [5.41, 5.74) is 3.08. The van der Waals surface area contributed by atoms with Crippen LogP contribution in [0.15, 0.2) is 84.6 Å². The highest BCUT2D eigenvalue weighted by molar-refractivity contribution is 6.46. The number of aliphatic hydroxyl groups excluding tert-OH is 1. The number of H-pyrrole nitrogens is 1. The molecule has 5 rings (SSSR count). The van der Waals surface area contributed by atoms with Crippen molar-refractivity contribution in [2.45, 2.75) is 12.5 Å². The van der Waals surface area contributed by atoms with E-state index in [4.69, 9.17) is 4.74 Å². The largest absolute Gasteiger partial charge is 0.508 e. The minimum atomic E-state index is -0.789. The van der Waals surface area contributed by atoms with Gasteiger partial charge >= 0.3 is 0 Å². The molecule has 7 nitrogen and oxygen atoms in total. The van der Waals surface area contributed by atoms with Gasteiger partial charge in [-0.3, -0.25) is 9.59 Å². The van der Waals surface area contributed by atoms with Crippen LogP contribution < -0.4 is 4.74 Å². The molecular formula is C28H24N2O5. The number of benzene rings is 3. The Balaban J connectivity index is 1.55. The predicted molar refractivity (Wildman–Crippen MR) is 132 cm³/mol. The number of aromatic nitrogens is 1. The van der Waals surface area contributed by atoms with Crippen molar-refractivity contribution in [2.24, 2.45) is 0 Å². The van der Waals surface area contributed by atoms with Gasteiger partial charge in [0, 0.05) is 29.2 Å². The number of hydrogen-bond acceptors (Lipinski definition) is 5. The molecule has 7 heteroatoms. The number of amides is 1. The van der Waals surface area contributed by atoms with Gasteiger partial charge in [-0.15, -0.1) is 0 Å². The summed E-state index contributed by atoms with van der Waals surface area (Å²) in [7, 11) is 1.54. The average Bonchev–Trinajstić information content (AvgIpc) is 3.41. The number of likely N-dealkylation sites (tertiary alicyclic amines) is 1. The lowest BCUT2D eigenvalue weighted by atomic mass is 9.95. The third-order valence-electron chi connectivity index (χ3n) is 6.41. The number of methoxy groups -OCH3 is 1. The third kappa shape index (κ3) is 4.01. The molecule has 3 aromatic carbocycles. The number of rotatable bonds is 6. The first-order chi connectivity index (χ1) is 17.0. The maximum absolute atomic E-state index is 13.2. The fourth-order valence-corrected chi connectivity index (χ4v) is 4.60. The number of phenols is 1. The van der Waals surface area contributed by atoms with E-state index in [1.807, 2.05) is 30.5 Å². The first-order valence-electron chi connectivity index (χ1n) is 11.2. The Bertz CT molecular complexity index is 1430. The van der Waals surface area contributed by atoms with Crippen LogP contribution in [0, 0.1) is 0 Å². The molecule has 1 atom stereocenters. The summed E-state index contributed by atoms with van der Waals surface area (Å²) in [5, 5.41) is 22.0. The Labute approximate surface area is 201 Å². The Hall–Kier alpha value is -4.52. The van der Waals surface area contributed by atoms with Gasteiger partial charge in [0.1, 0.15) is 17.3 Å². The molecule has 0 aliphatic carbocycles. The summed E-state index contributed by atoms with van der Waals surface area (Å²) in [6.45, 7) is 0.275. The summed E-state index contributed by atoms with van der Waals surface area (Å²) in [6, 6.07) is 20.1. The van der Waals surface area contributed by atoms with Crippen LogP contribution in [-0.2, 0) is 16.0 Å². The van der Waals surface area contributed by atoms with E-state index in [1.165, 1.54) is 17.0 Å². The van der Waals surface area contributed by atoms with Crippen molar-refractivity contribution in [3.63, 3.8) is 0 Å². The number of nitrogens with one attached hydrogen (secondary N) is 1. The molecule has 1 saturated heterocycles. The second kappa shape index (κ2) is 9.02. The Morgan fingerprint density at radius 3 is 2.43 bits per heavy atom. The van der Waals surface area contributed by atoms with Crippen LogP contribution in [0.5, 0.6) is 11.5 Å². The fourth-order valence-electron chi connectivity index (χ4n) is 4.60. The normalized spacial score (nSPS) is 17.3. The lowest BCUT2D eigenvalue weighted by Gasteiger charge is -2.25. The second-order valence-corrected chi connectivity index (χ2v) is 8.42. The Kier molecular flexibility index (Phi) is 5.74. The number of fused-ring (bicyclic) bond motifs is 1. The smallest absolute Gasteiger partial charge is 0.295 e. The zero-order chi connectivity index (χ0) is 24.5. The molecule has 0 radical (unpaired) electrons. The zero-order valence-electron chi connectivity index (χ0n) is 19.1. The van der Waals surface area contributed by atoms with E-state index in [0.717, 1.165) is 16.5 Å². The zero-order valence-corrected chi connectivity index (χ0v) is 19.1. The van der Waals surface area contributed by atoms with Crippen LogP contribution in [0.1, 0.15) is 22.7 Å². The second-order valence-electron chi connectivity index (χ2n) is 8.42. The highest BCUT2D eigenvalue weighted by atomic mass is 16.5. The fraction of sp³-hybridized carbons (Fsp3) is 0.143. The summed E-state index contributed by atoms with van der Waals surface area (Å²) in [4.78, 5) is 31.1. The lowest BCUT2D eigenvalue weighted by Crippen LogP contribution is -2.31. The SMILES string of the molecule is COc1ccc(C(O)=C2C(=O)C(=O)N(CCc3c[nH]c4ccccc34)[C@H]2c2ccc(O)cc2)cc1. The minimum Gasteiger partial charge on any atom is -0.508 e. The summed E-state index contributed by atoms with van der Waals surface area (Å²) in [6.07, 6.45) is 2.43. The van der Waals surface area contributed by atoms with Crippen LogP contribution >= 0.6 is 0 Å². The molecule has 1 amide bonds. The van der Waals surface area contributed by atoms with Gasteiger partial charge in [0.25, 0.3) is 11.7 Å². The van der Waals surface area contributed by atoms with Crippen molar-refractivity contribution in [1.82, 2.24) is 9.88 Å². The van der Waals surface area contributed by atoms with Crippen molar-refractivity contribution < 1.29 is 24.5 Å². The van der Waals surface area contributed by atoms with Crippen molar-refractivity contribution >= 4 is 28.4 Å². The topological polar surface area (TPSA) is 103 Å². The van der Waals surface area contributed by atoms with Crippen molar-refractivity contribution in [3.05, 3.63) is 101 Å². The van der Waals surface area contributed by atoms with E-state index in [2.05, 4.69) is 4.98 Å². The molecule has 3 N–H and O–H groups in total. The van der Waals surface area contributed by atoms with Crippen molar-refractivity contribution in [2.75, 3.05) is 13.7 Å². The highest BCUT2D eigenvalue weighted by Gasteiger charge is 2.45. The minimum absolute atomic E-state index is 0.0183. The number of carbonyl (C=O) groups excluding carboxylic acids is 2. The molecule has 1 aliphatic heterocycles. The molecule has 1 fully saturated rings. The molecule has 1 aliphatic rings. The van der Waals surface area contributed by atoms with Gasteiger partial charge in [0.05, 0.1) is 18.7 Å². The number of phenolic OH excluding ortho intramolecular Hbond substituents is 1. The molecule has 176 valence electrons. The Morgan fingerprint density at radius 1 is 1.00 bits per heavy atom. The van der Waals surface area contributed by atoms with E-state index in [0.29, 0.717) is 23.3 Å². The summed E-state index contributed by atoms with van der Waals surface area (Å²) >= 11 is 0. The number of ether oxygens (including phenoxy) is 1. The van der Waals surface area contributed by atoms with E-state index in [1.54, 1.807) is 43.5 Å². The average molecular weight is 469 g/mol. The predicted octanol–water partition coefficient (Wildman–Crippen LogP) is 4.55. The number of para-hydroxylation sites is 1. The van der Waals surface area contributed by atoms with E-state index < -0.39 is 17.7 Å². The van der Waals surface area contributed by atoms with Gasteiger partial charge in [-0.2, -0.15) is 0 Å². The van der Waals surface area contributed by atoms with E-state index in [-0.39, 0.29) is 23.6 Å². The maximum atomic E-state index is 13.2. The van der Waals surface area contributed by atoms with Crippen LogP contribution in [0.4, 0.5) is 0 Å². The molecule has 35 heavy (non-hydrogen) atoms. The molecule has 0 bridgehead atoms. The van der Waals surface area contributed by atoms with Crippen LogP contribution in [0.2, 0.25) is 0 Å². The first kappa shape index (κ1) is 22.3. The number of aromatic hydroxyl groups is 1. The van der Waals surface area contributed by atoms with Gasteiger partial charge < -0.3 is 24.8 Å². The van der Waals surface area contributed by atoms with Crippen molar-refractivity contribution in [1.29, 1.82) is 0 Å². The number of carbonyl (C=O) groups is 2. The number of Topliss-reactive ketones (excluding diaryl/α,β-unsaturated/α-hetero) is 1. The number of hydrogen-bond donors (Lipinski definition) is 3. The molecule has 0 unspecified atom stereocenters. The number of nitrogens with zero attached hydrogens (tertiary/aromatic N) is 1. The number of aliphatic hydroxyl groups is 1. The van der Waals surface area contributed by atoms with Gasteiger partial charge in [0.15, 0.2) is 0 Å². The molecule has 2 heterocycles. The monoisotopic (exact) mass is 468 g/mol. The van der Waals surface area contributed by atoms with Crippen LogP contribution in [0.25, 0.3) is 16.7 Å². The Morgan fingerprint density at radius 2 is 1.71 bits per heavy atom. The van der Waals surface area contributed by atoms with Crippen LogP contribution in [-0.4, -0.2) is 45.4 Å². The lowest BCUT2D eigenvalue weighted by molar-refractivity contribution is -0.139. The van der Waals surface area contributed by atoms with Gasteiger partial charge in [-0.25, -0.2) is 0 Å². The maximum Gasteiger partial charge on any atom is 0.295 e. The van der Waals surface area contributed by atoms with Gasteiger partial charge in [0.2, 0.25) is 0 Å². The molecular weight excluding hydrogens is 444 g/mol. The molecule has 1 aromatic heterocycles. The molecule has 4 aromatic rings. The molecule has 0 spiro atoms. The highest BCUT2D eigenvalue weighted by Crippen LogP contribution is 2.40. The standard InChI is InChI=1S/C28H24N2O5/c1-35-21-12-8-18(9-13-21)26(32)24-25(17-6-10-20(31)11-7-17)30(28(34)27(24)33)15-14-19-16-29-23-5-3-2-4-22(19)23/h2-13,16,25,29,31-32H,14-15H2,1H3/t25-/m0/s1. The van der Waals surface area contributed by atoms with Gasteiger partial charge in [-0.05, 0) is 60.0 Å². The first-order valence-corrected chi connectivity index (χ1v) is 11.2. The van der Waals surface area contributed by atoms with Crippen LogP contribution in [0.3, 0.4) is 0 Å². The van der Waals surface area contributed by atoms with E-state index >= 15 is 0 Å². The van der Waals surface area contributed by atoms with Gasteiger partial charge in [-0.1, -0.05) is 30.3 Å². The van der Waals surface area contributed by atoms with E-state index in [9.17, 15) is 19.8 Å². The number of aromatic amines is 1. The van der Waals surface area contributed by atoms with Crippen molar-refractivity contribution in [3.8, 4) is 11.5 Å².